The molecule has 1 heterocycles. The molecule has 0 saturated carbocycles. The number of aryl methyl sites for hydroxylation is 2. The highest BCUT2D eigenvalue weighted by Crippen LogP contribution is 2.24. The lowest BCUT2D eigenvalue weighted by Crippen LogP contribution is -2.44. The van der Waals surface area contributed by atoms with Crippen LogP contribution in [0.5, 0.6) is 0 Å². The maximum absolute atomic E-state index is 13.0. The quantitative estimate of drug-likeness (QED) is 0.679. The van der Waals surface area contributed by atoms with Gasteiger partial charge in [-0.25, -0.2) is 0 Å². The van der Waals surface area contributed by atoms with E-state index in [-0.39, 0.29) is 17.7 Å². The molecule has 0 spiro atoms. The summed E-state index contributed by atoms with van der Waals surface area (Å²) in [4.78, 5) is 27.8. The van der Waals surface area contributed by atoms with Gasteiger partial charge < -0.3 is 10.2 Å². The highest BCUT2D eigenvalue weighted by Gasteiger charge is 2.29. The van der Waals surface area contributed by atoms with Crippen molar-refractivity contribution in [2.45, 2.75) is 33.1 Å². The average molecular weight is 401 g/mol. The minimum atomic E-state index is -0.172. The van der Waals surface area contributed by atoms with Crippen LogP contribution >= 0.6 is 0 Å². The number of nitrogens with one attached hydrogen (secondary N) is 1. The first-order chi connectivity index (χ1) is 14.5. The second kappa shape index (κ2) is 8.70. The maximum atomic E-state index is 13.0. The number of carbonyl (C=O) groups excluding carboxylic acids is 2. The Hall–Kier alpha value is -3.14. The first-order valence-corrected chi connectivity index (χ1v) is 10.6. The van der Waals surface area contributed by atoms with Gasteiger partial charge in [-0.3, -0.25) is 9.59 Å². The van der Waals surface area contributed by atoms with Crippen LogP contribution in [-0.2, 0) is 16.0 Å². The predicted molar refractivity (Wildman–Crippen MR) is 122 cm³/mol. The van der Waals surface area contributed by atoms with Gasteiger partial charge in [0.05, 0.1) is 12.3 Å². The molecule has 4 nitrogen and oxygen atoms in total. The lowest BCUT2D eigenvalue weighted by Gasteiger charge is -2.32. The number of amides is 2. The highest BCUT2D eigenvalue weighted by molar-refractivity contribution is 5.95. The lowest BCUT2D eigenvalue weighted by molar-refractivity contribution is -0.133. The minimum Gasteiger partial charge on any atom is -0.342 e. The van der Waals surface area contributed by atoms with Crippen LogP contribution in [0.25, 0.3) is 10.8 Å². The van der Waals surface area contributed by atoms with Crippen molar-refractivity contribution in [3.8, 4) is 0 Å². The summed E-state index contributed by atoms with van der Waals surface area (Å²) >= 11 is 0. The van der Waals surface area contributed by atoms with Gasteiger partial charge in [0, 0.05) is 18.8 Å². The Labute approximate surface area is 177 Å². The molecule has 3 aromatic rings. The highest BCUT2D eigenvalue weighted by atomic mass is 16.2. The van der Waals surface area contributed by atoms with Crippen LogP contribution in [0.3, 0.4) is 0 Å². The summed E-state index contributed by atoms with van der Waals surface area (Å²) < 4.78 is 0. The van der Waals surface area contributed by atoms with Crippen molar-refractivity contribution in [2.75, 3.05) is 18.4 Å². The molecule has 4 rings (SSSR count). The zero-order valence-corrected chi connectivity index (χ0v) is 17.7. The Morgan fingerprint density at radius 1 is 0.967 bits per heavy atom. The normalized spacial score (nSPS) is 16.5. The number of piperidine rings is 1. The largest absolute Gasteiger partial charge is 0.342 e. The lowest BCUT2D eigenvalue weighted by atomic mass is 9.95. The number of carbonyl (C=O) groups is 2. The zero-order chi connectivity index (χ0) is 21.1. The zero-order valence-electron chi connectivity index (χ0n) is 17.7. The molecule has 4 heteroatoms. The van der Waals surface area contributed by atoms with E-state index in [1.807, 2.05) is 61.2 Å². The predicted octanol–water partition coefficient (Wildman–Crippen LogP) is 4.88. The summed E-state index contributed by atoms with van der Waals surface area (Å²) in [6.45, 7) is 5.21. The van der Waals surface area contributed by atoms with Crippen LogP contribution in [0.4, 0.5) is 5.69 Å². The van der Waals surface area contributed by atoms with E-state index in [0.29, 0.717) is 13.0 Å². The molecule has 1 unspecified atom stereocenters. The van der Waals surface area contributed by atoms with Crippen LogP contribution in [0.1, 0.15) is 29.5 Å². The van der Waals surface area contributed by atoms with E-state index in [4.69, 9.17) is 0 Å². The van der Waals surface area contributed by atoms with E-state index in [1.165, 1.54) is 0 Å². The molecule has 0 radical (unpaired) electrons. The van der Waals surface area contributed by atoms with Crippen LogP contribution in [0.15, 0.2) is 60.7 Å². The monoisotopic (exact) mass is 400 g/mol. The van der Waals surface area contributed by atoms with E-state index in [9.17, 15) is 9.59 Å². The molecule has 30 heavy (non-hydrogen) atoms. The summed E-state index contributed by atoms with van der Waals surface area (Å²) in [5, 5.41) is 5.37. The molecule has 0 aromatic heterocycles. The number of para-hydroxylation sites is 1. The van der Waals surface area contributed by atoms with Crippen molar-refractivity contribution < 1.29 is 9.59 Å². The molecule has 1 saturated heterocycles. The Balaban J connectivity index is 1.44. The molecule has 2 amide bonds. The standard InChI is InChI=1S/C26H28N2O2/c1-18-8-5-9-19(2)25(18)27-26(30)22-13-7-15-28(17-22)24(29)16-21-12-6-11-20-10-3-4-14-23(20)21/h3-6,8-12,14,22H,7,13,15-17H2,1-2H3,(H,27,30). The molecule has 1 fully saturated rings. The number of fused-ring (bicyclic) bond motifs is 1. The minimum absolute atomic E-state index is 0.00932. The molecule has 1 atom stereocenters. The molecular weight excluding hydrogens is 372 g/mol. The third kappa shape index (κ3) is 4.23. The number of anilines is 1. The van der Waals surface area contributed by atoms with Crippen LogP contribution in [-0.4, -0.2) is 29.8 Å². The Kier molecular flexibility index (Phi) is 5.84. The van der Waals surface area contributed by atoms with E-state index >= 15 is 0 Å². The van der Waals surface area contributed by atoms with Crippen LogP contribution in [0, 0.1) is 19.8 Å². The third-order valence-electron chi connectivity index (χ3n) is 6.10. The van der Waals surface area contributed by atoms with E-state index in [0.717, 1.165) is 52.5 Å². The number of rotatable bonds is 4. The van der Waals surface area contributed by atoms with E-state index < -0.39 is 0 Å². The van der Waals surface area contributed by atoms with Crippen molar-refractivity contribution in [2.24, 2.45) is 5.92 Å². The molecule has 1 N–H and O–H groups in total. The summed E-state index contributed by atoms with van der Waals surface area (Å²) in [7, 11) is 0. The fourth-order valence-corrected chi connectivity index (χ4v) is 4.38. The molecule has 0 aliphatic carbocycles. The fourth-order valence-electron chi connectivity index (χ4n) is 4.38. The van der Waals surface area contributed by atoms with Gasteiger partial charge in [0.2, 0.25) is 11.8 Å². The van der Waals surface area contributed by atoms with Crippen molar-refractivity contribution >= 4 is 28.3 Å². The van der Waals surface area contributed by atoms with Gasteiger partial charge in [-0.05, 0) is 54.2 Å². The van der Waals surface area contributed by atoms with Gasteiger partial charge in [0.15, 0.2) is 0 Å². The average Bonchev–Trinajstić information content (AvgIpc) is 2.76. The van der Waals surface area contributed by atoms with Crippen molar-refractivity contribution in [1.82, 2.24) is 4.90 Å². The molecule has 3 aromatic carbocycles. The summed E-state index contributed by atoms with van der Waals surface area (Å²) in [6.07, 6.45) is 2.04. The van der Waals surface area contributed by atoms with Gasteiger partial charge >= 0.3 is 0 Å². The Morgan fingerprint density at radius 3 is 2.47 bits per heavy atom. The number of likely N-dealkylation sites (tertiary alicyclic amines) is 1. The molecular formula is C26H28N2O2. The SMILES string of the molecule is Cc1cccc(C)c1NC(=O)C1CCCN(C(=O)Cc2cccc3ccccc23)C1. The summed E-state index contributed by atoms with van der Waals surface area (Å²) in [5.74, 6) is -0.0693. The summed E-state index contributed by atoms with van der Waals surface area (Å²) in [5.41, 5.74) is 4.05. The second-order valence-electron chi connectivity index (χ2n) is 8.25. The number of hydrogen-bond acceptors (Lipinski definition) is 2. The van der Waals surface area contributed by atoms with Crippen LogP contribution < -0.4 is 5.32 Å². The number of hydrogen-bond donors (Lipinski definition) is 1. The Bertz CT molecular complexity index is 1060. The number of benzene rings is 3. The molecule has 0 bridgehead atoms. The van der Waals surface area contributed by atoms with Gasteiger partial charge in [0.25, 0.3) is 0 Å². The van der Waals surface area contributed by atoms with Crippen molar-refractivity contribution in [3.63, 3.8) is 0 Å². The smallest absolute Gasteiger partial charge is 0.229 e. The Morgan fingerprint density at radius 2 is 1.67 bits per heavy atom. The number of nitrogens with zero attached hydrogens (tertiary/aromatic N) is 1. The van der Waals surface area contributed by atoms with E-state index in [1.54, 1.807) is 0 Å². The topological polar surface area (TPSA) is 49.4 Å². The molecule has 1 aliphatic heterocycles. The second-order valence-corrected chi connectivity index (χ2v) is 8.25. The van der Waals surface area contributed by atoms with Crippen molar-refractivity contribution in [1.29, 1.82) is 0 Å². The summed E-state index contributed by atoms with van der Waals surface area (Å²) in [6, 6.07) is 20.2. The van der Waals surface area contributed by atoms with Crippen LogP contribution in [0.2, 0.25) is 0 Å². The fraction of sp³-hybridized carbons (Fsp3) is 0.308. The molecule has 1 aliphatic rings. The van der Waals surface area contributed by atoms with Gasteiger partial charge in [-0.15, -0.1) is 0 Å². The van der Waals surface area contributed by atoms with Gasteiger partial charge in [0.1, 0.15) is 0 Å². The van der Waals surface area contributed by atoms with Gasteiger partial charge in [-0.2, -0.15) is 0 Å². The third-order valence-corrected chi connectivity index (χ3v) is 6.10. The first kappa shape index (κ1) is 20.1. The van der Waals surface area contributed by atoms with E-state index in [2.05, 4.69) is 23.5 Å². The van der Waals surface area contributed by atoms with Gasteiger partial charge in [-0.1, -0.05) is 60.7 Å². The molecule has 154 valence electrons. The maximum Gasteiger partial charge on any atom is 0.229 e. The van der Waals surface area contributed by atoms with Crippen molar-refractivity contribution in [3.05, 3.63) is 77.4 Å². The first-order valence-electron chi connectivity index (χ1n) is 10.6.